The highest BCUT2D eigenvalue weighted by molar-refractivity contribution is 6.43. The number of hydrogen-bond donors (Lipinski definition) is 1. The van der Waals surface area contributed by atoms with E-state index < -0.39 is 5.97 Å². The molecule has 1 heterocycles. The Kier molecular flexibility index (Phi) is 4.77. The number of aromatic amines is 1. The largest absolute Gasteiger partial charge is 0.497 e. The number of methoxy groups -OCH3 is 1. The highest BCUT2D eigenvalue weighted by atomic mass is 16.5. The average molecular weight is 286 g/mol. The summed E-state index contributed by atoms with van der Waals surface area (Å²) in [6.07, 6.45) is 1.77. The predicted molar refractivity (Wildman–Crippen MR) is 81.4 cm³/mol. The van der Waals surface area contributed by atoms with Crippen molar-refractivity contribution in [3.05, 3.63) is 47.8 Å². The summed E-state index contributed by atoms with van der Waals surface area (Å²) in [5.41, 5.74) is 2.54. The standard InChI is InChI=1S/C16H18N2O3/c1-4-21-16(19)15(14-11(2)9-10-17-14)18-12-5-7-13(20-3)8-6-12/h5-10,17H,4H2,1-3H3. The molecular formula is C16H18N2O3. The van der Waals surface area contributed by atoms with E-state index in [-0.39, 0.29) is 5.71 Å². The minimum absolute atomic E-state index is 0.268. The molecule has 5 heteroatoms. The molecule has 0 atom stereocenters. The van der Waals surface area contributed by atoms with Gasteiger partial charge in [-0.15, -0.1) is 0 Å². The highest BCUT2D eigenvalue weighted by Gasteiger charge is 2.18. The van der Waals surface area contributed by atoms with Crippen LogP contribution in [0.4, 0.5) is 5.69 Å². The van der Waals surface area contributed by atoms with E-state index >= 15 is 0 Å². The number of esters is 1. The van der Waals surface area contributed by atoms with Crippen molar-refractivity contribution in [2.75, 3.05) is 13.7 Å². The van der Waals surface area contributed by atoms with Crippen LogP contribution in [0.25, 0.3) is 0 Å². The third kappa shape index (κ3) is 3.51. The maximum Gasteiger partial charge on any atom is 0.359 e. The zero-order valence-corrected chi connectivity index (χ0v) is 12.3. The van der Waals surface area contributed by atoms with Gasteiger partial charge in [0.15, 0.2) is 5.71 Å². The molecule has 1 N–H and O–H groups in total. The van der Waals surface area contributed by atoms with E-state index in [4.69, 9.17) is 9.47 Å². The number of aromatic nitrogens is 1. The Morgan fingerprint density at radius 3 is 2.48 bits per heavy atom. The lowest BCUT2D eigenvalue weighted by Crippen LogP contribution is -2.19. The van der Waals surface area contributed by atoms with Gasteiger partial charge in [0.25, 0.3) is 0 Å². The maximum atomic E-state index is 12.1. The van der Waals surface area contributed by atoms with Crippen LogP contribution >= 0.6 is 0 Å². The SMILES string of the molecule is CCOC(=O)C(=Nc1ccc(OC)cc1)c1[nH]ccc1C. The van der Waals surface area contributed by atoms with E-state index in [0.717, 1.165) is 11.3 Å². The van der Waals surface area contributed by atoms with Gasteiger partial charge in [0.1, 0.15) is 5.75 Å². The first-order chi connectivity index (χ1) is 10.2. The van der Waals surface area contributed by atoms with Crippen LogP contribution in [0.1, 0.15) is 18.2 Å². The highest BCUT2D eigenvalue weighted by Crippen LogP contribution is 2.20. The van der Waals surface area contributed by atoms with Crippen LogP contribution in [-0.2, 0) is 9.53 Å². The van der Waals surface area contributed by atoms with E-state index in [1.54, 1.807) is 44.5 Å². The molecule has 0 aliphatic carbocycles. The summed E-state index contributed by atoms with van der Waals surface area (Å²) < 4.78 is 10.2. The second-order valence-corrected chi connectivity index (χ2v) is 4.41. The van der Waals surface area contributed by atoms with Crippen molar-refractivity contribution in [1.82, 2.24) is 4.98 Å². The maximum absolute atomic E-state index is 12.1. The number of hydrogen-bond acceptors (Lipinski definition) is 4. The van der Waals surface area contributed by atoms with E-state index in [2.05, 4.69) is 9.98 Å². The third-order valence-electron chi connectivity index (χ3n) is 2.97. The number of benzene rings is 1. The van der Waals surface area contributed by atoms with Crippen molar-refractivity contribution in [2.24, 2.45) is 4.99 Å². The van der Waals surface area contributed by atoms with Crippen molar-refractivity contribution < 1.29 is 14.3 Å². The molecule has 0 aliphatic rings. The lowest BCUT2D eigenvalue weighted by Gasteiger charge is -2.06. The second-order valence-electron chi connectivity index (χ2n) is 4.41. The summed E-state index contributed by atoms with van der Waals surface area (Å²) in [4.78, 5) is 19.6. The molecule has 0 saturated carbocycles. The number of rotatable bonds is 5. The van der Waals surface area contributed by atoms with Gasteiger partial charge in [-0.2, -0.15) is 0 Å². The van der Waals surface area contributed by atoms with Gasteiger partial charge in [-0.05, 0) is 49.7 Å². The van der Waals surface area contributed by atoms with E-state index in [9.17, 15) is 4.79 Å². The van der Waals surface area contributed by atoms with Crippen LogP contribution < -0.4 is 4.74 Å². The molecule has 0 radical (unpaired) electrons. The number of aryl methyl sites for hydroxylation is 1. The van der Waals surface area contributed by atoms with Gasteiger partial charge in [-0.3, -0.25) is 0 Å². The number of ether oxygens (including phenoxy) is 2. The average Bonchev–Trinajstić information content (AvgIpc) is 2.91. The lowest BCUT2D eigenvalue weighted by molar-refractivity contribution is -0.134. The van der Waals surface area contributed by atoms with Crippen LogP contribution in [0.3, 0.4) is 0 Å². The minimum Gasteiger partial charge on any atom is -0.497 e. The van der Waals surface area contributed by atoms with E-state index in [1.807, 2.05) is 13.0 Å². The Hall–Kier alpha value is -2.56. The molecule has 1 aromatic carbocycles. The number of nitrogens with one attached hydrogen (secondary N) is 1. The van der Waals surface area contributed by atoms with Crippen LogP contribution in [0.15, 0.2) is 41.5 Å². The lowest BCUT2D eigenvalue weighted by atomic mass is 10.2. The Labute approximate surface area is 123 Å². The molecule has 0 amide bonds. The number of carbonyl (C=O) groups is 1. The molecule has 21 heavy (non-hydrogen) atoms. The van der Waals surface area contributed by atoms with E-state index in [0.29, 0.717) is 18.0 Å². The monoisotopic (exact) mass is 286 g/mol. The number of carbonyl (C=O) groups excluding carboxylic acids is 1. The van der Waals surface area contributed by atoms with Gasteiger partial charge < -0.3 is 14.5 Å². The van der Waals surface area contributed by atoms with Gasteiger partial charge in [0, 0.05) is 6.20 Å². The topological polar surface area (TPSA) is 63.7 Å². The van der Waals surface area contributed by atoms with Gasteiger partial charge in [0.2, 0.25) is 0 Å². The summed E-state index contributed by atoms with van der Waals surface area (Å²) in [6, 6.07) is 9.05. The van der Waals surface area contributed by atoms with Crippen molar-refractivity contribution in [1.29, 1.82) is 0 Å². The summed E-state index contributed by atoms with van der Waals surface area (Å²) >= 11 is 0. The summed E-state index contributed by atoms with van der Waals surface area (Å²) in [5.74, 6) is 0.293. The van der Waals surface area contributed by atoms with Crippen LogP contribution in [-0.4, -0.2) is 30.4 Å². The Bertz CT molecular complexity index is 642. The minimum atomic E-state index is -0.445. The molecular weight excluding hydrogens is 268 g/mol. The first-order valence-corrected chi connectivity index (χ1v) is 6.70. The fourth-order valence-corrected chi connectivity index (χ4v) is 1.89. The van der Waals surface area contributed by atoms with Gasteiger partial charge >= 0.3 is 5.97 Å². The fourth-order valence-electron chi connectivity index (χ4n) is 1.89. The van der Waals surface area contributed by atoms with Crippen molar-refractivity contribution in [3.8, 4) is 5.75 Å². The Morgan fingerprint density at radius 2 is 1.95 bits per heavy atom. The molecule has 0 aliphatic heterocycles. The van der Waals surface area contributed by atoms with Crippen molar-refractivity contribution >= 4 is 17.4 Å². The van der Waals surface area contributed by atoms with Crippen molar-refractivity contribution in [3.63, 3.8) is 0 Å². The third-order valence-corrected chi connectivity index (χ3v) is 2.97. The van der Waals surface area contributed by atoms with Gasteiger partial charge in [-0.1, -0.05) is 0 Å². The summed E-state index contributed by atoms with van der Waals surface area (Å²) in [5, 5.41) is 0. The first-order valence-electron chi connectivity index (χ1n) is 6.70. The molecule has 1 aromatic heterocycles. The number of aliphatic imine (C=N–C) groups is 1. The first kappa shape index (κ1) is 14.8. The number of H-pyrrole nitrogens is 1. The van der Waals surface area contributed by atoms with Crippen LogP contribution in [0, 0.1) is 6.92 Å². The molecule has 2 rings (SSSR count). The molecule has 5 nitrogen and oxygen atoms in total. The molecule has 110 valence electrons. The zero-order valence-electron chi connectivity index (χ0n) is 12.3. The van der Waals surface area contributed by atoms with Crippen LogP contribution in [0.5, 0.6) is 5.75 Å². The number of nitrogens with zero attached hydrogens (tertiary/aromatic N) is 1. The molecule has 0 saturated heterocycles. The van der Waals surface area contributed by atoms with E-state index in [1.165, 1.54) is 0 Å². The van der Waals surface area contributed by atoms with Gasteiger partial charge in [-0.25, -0.2) is 9.79 Å². The van der Waals surface area contributed by atoms with Crippen molar-refractivity contribution in [2.45, 2.75) is 13.8 Å². The quantitative estimate of drug-likeness (QED) is 0.679. The smallest absolute Gasteiger partial charge is 0.359 e. The molecule has 0 fully saturated rings. The molecule has 0 unspecified atom stereocenters. The second kappa shape index (κ2) is 6.74. The van der Waals surface area contributed by atoms with Gasteiger partial charge in [0.05, 0.1) is 25.1 Å². The fraction of sp³-hybridized carbons (Fsp3) is 0.250. The summed E-state index contributed by atoms with van der Waals surface area (Å²) in [7, 11) is 1.60. The predicted octanol–water partition coefficient (Wildman–Crippen LogP) is 3.02. The zero-order chi connectivity index (χ0) is 15.2. The summed E-state index contributed by atoms with van der Waals surface area (Å²) in [6.45, 7) is 3.99. The molecule has 2 aromatic rings. The molecule has 0 spiro atoms. The normalized spacial score (nSPS) is 11.3. The Balaban J connectivity index is 2.40. The Morgan fingerprint density at radius 1 is 1.24 bits per heavy atom. The molecule has 0 bridgehead atoms. The van der Waals surface area contributed by atoms with Crippen LogP contribution in [0.2, 0.25) is 0 Å².